The molecule has 1 aliphatic heterocycles. The van der Waals surface area contributed by atoms with Gasteiger partial charge in [0.2, 0.25) is 0 Å². The van der Waals surface area contributed by atoms with Crippen molar-refractivity contribution in [2.45, 2.75) is 0 Å². The van der Waals surface area contributed by atoms with Crippen LogP contribution in [0.15, 0.2) is 23.8 Å². The highest BCUT2D eigenvalue weighted by atomic mass is 32.1. The van der Waals surface area contributed by atoms with E-state index in [0.717, 1.165) is 43.2 Å². The topological polar surface area (TPSA) is 113 Å². The van der Waals surface area contributed by atoms with Crippen LogP contribution in [-0.4, -0.2) is 48.0 Å². The number of pyridine rings is 1. The lowest BCUT2D eigenvalue weighted by molar-refractivity contribution is 0.1000. The van der Waals surface area contributed by atoms with E-state index in [1.165, 1.54) is 5.38 Å². The van der Waals surface area contributed by atoms with Crippen LogP contribution >= 0.6 is 11.3 Å². The number of hydrogen-bond donors (Lipinski definition) is 3. The number of piperazine rings is 1. The molecule has 2 amide bonds. The van der Waals surface area contributed by atoms with Crippen molar-refractivity contribution >= 4 is 34.5 Å². The van der Waals surface area contributed by atoms with Crippen molar-refractivity contribution in [2.24, 2.45) is 5.73 Å². The lowest BCUT2D eigenvalue weighted by Gasteiger charge is -2.30. The predicted octanol–water partition coefficient (Wildman–Crippen LogP) is 0.299. The first-order valence-electron chi connectivity index (χ1n) is 7.11. The first-order valence-corrected chi connectivity index (χ1v) is 7.99. The molecule has 8 nitrogen and oxygen atoms in total. The number of carbonyl (C=O) groups is 2. The van der Waals surface area contributed by atoms with Crippen molar-refractivity contribution in [3.05, 3.63) is 34.5 Å². The van der Waals surface area contributed by atoms with Crippen LogP contribution in [0.25, 0.3) is 0 Å². The van der Waals surface area contributed by atoms with Crippen LogP contribution in [0, 0.1) is 0 Å². The zero-order valence-electron chi connectivity index (χ0n) is 12.3. The summed E-state index contributed by atoms with van der Waals surface area (Å²) in [5.74, 6) is -1.03. The van der Waals surface area contributed by atoms with Crippen LogP contribution in [-0.2, 0) is 0 Å². The zero-order chi connectivity index (χ0) is 16.2. The first-order chi connectivity index (χ1) is 11.1. The van der Waals surface area contributed by atoms with Crippen LogP contribution in [0.2, 0.25) is 0 Å². The molecule has 0 bridgehead atoms. The van der Waals surface area contributed by atoms with Gasteiger partial charge in [0.15, 0.2) is 5.01 Å². The molecule has 9 heteroatoms. The number of amides is 2. The third kappa shape index (κ3) is 3.46. The fourth-order valence-electron chi connectivity index (χ4n) is 2.34. The summed E-state index contributed by atoms with van der Waals surface area (Å²) in [6.07, 6.45) is 3.30. The van der Waals surface area contributed by atoms with E-state index in [-0.39, 0.29) is 10.7 Å². The first kappa shape index (κ1) is 15.4. The molecule has 4 N–H and O–H groups in total. The maximum atomic E-state index is 12.3. The fourth-order valence-corrected chi connectivity index (χ4v) is 2.99. The van der Waals surface area contributed by atoms with Crippen molar-refractivity contribution in [2.75, 3.05) is 36.4 Å². The maximum Gasteiger partial charge on any atom is 0.277 e. The molecule has 0 unspecified atom stereocenters. The van der Waals surface area contributed by atoms with E-state index in [1.54, 1.807) is 12.4 Å². The average molecular weight is 332 g/mol. The van der Waals surface area contributed by atoms with Gasteiger partial charge in [0, 0.05) is 37.8 Å². The Morgan fingerprint density at radius 3 is 2.83 bits per heavy atom. The number of rotatable bonds is 4. The molecule has 1 fully saturated rings. The van der Waals surface area contributed by atoms with Crippen molar-refractivity contribution < 1.29 is 9.59 Å². The van der Waals surface area contributed by atoms with Crippen LogP contribution in [0.5, 0.6) is 0 Å². The Morgan fingerprint density at radius 1 is 1.35 bits per heavy atom. The predicted molar refractivity (Wildman–Crippen MR) is 87.9 cm³/mol. The van der Waals surface area contributed by atoms with Gasteiger partial charge in [-0.2, -0.15) is 0 Å². The number of nitrogens with zero attached hydrogens (tertiary/aromatic N) is 3. The molecule has 3 heterocycles. The summed E-state index contributed by atoms with van der Waals surface area (Å²) in [5.41, 5.74) is 6.86. The summed E-state index contributed by atoms with van der Waals surface area (Å²) < 4.78 is 0. The molecule has 0 aliphatic carbocycles. The number of primary amides is 1. The van der Waals surface area contributed by atoms with E-state index in [4.69, 9.17) is 5.73 Å². The second kappa shape index (κ2) is 6.71. The van der Waals surface area contributed by atoms with E-state index in [1.807, 2.05) is 6.07 Å². The van der Waals surface area contributed by atoms with Gasteiger partial charge in [-0.15, -0.1) is 11.3 Å². The Morgan fingerprint density at radius 2 is 2.13 bits per heavy atom. The van der Waals surface area contributed by atoms with Crippen molar-refractivity contribution in [1.82, 2.24) is 15.3 Å². The van der Waals surface area contributed by atoms with E-state index in [0.29, 0.717) is 5.69 Å². The molecule has 1 saturated heterocycles. The van der Waals surface area contributed by atoms with Crippen LogP contribution < -0.4 is 21.3 Å². The average Bonchev–Trinajstić information content (AvgIpc) is 3.07. The molecule has 0 radical (unpaired) electrons. The minimum atomic E-state index is -0.642. The van der Waals surface area contributed by atoms with Crippen molar-refractivity contribution in [3.63, 3.8) is 0 Å². The highest BCUT2D eigenvalue weighted by Crippen LogP contribution is 2.25. The van der Waals surface area contributed by atoms with E-state index in [2.05, 4.69) is 25.5 Å². The normalized spacial score (nSPS) is 14.5. The summed E-state index contributed by atoms with van der Waals surface area (Å²) in [6.45, 7) is 3.50. The summed E-state index contributed by atoms with van der Waals surface area (Å²) in [5, 5.41) is 7.72. The second-order valence-electron chi connectivity index (χ2n) is 4.99. The van der Waals surface area contributed by atoms with Gasteiger partial charge in [-0.05, 0) is 6.07 Å². The molecule has 2 aromatic heterocycles. The zero-order valence-corrected chi connectivity index (χ0v) is 13.1. The van der Waals surface area contributed by atoms with Gasteiger partial charge in [-0.25, -0.2) is 4.98 Å². The van der Waals surface area contributed by atoms with Gasteiger partial charge in [-0.3, -0.25) is 14.6 Å². The summed E-state index contributed by atoms with van der Waals surface area (Å²) in [4.78, 5) is 33.6. The smallest absolute Gasteiger partial charge is 0.277 e. The highest BCUT2D eigenvalue weighted by molar-refractivity contribution is 7.11. The molecule has 23 heavy (non-hydrogen) atoms. The second-order valence-corrected chi connectivity index (χ2v) is 5.84. The van der Waals surface area contributed by atoms with Gasteiger partial charge in [-0.1, -0.05) is 0 Å². The Hall–Kier alpha value is -2.52. The van der Waals surface area contributed by atoms with E-state index < -0.39 is 11.8 Å². The molecular weight excluding hydrogens is 316 g/mol. The van der Waals surface area contributed by atoms with Gasteiger partial charge in [0.25, 0.3) is 11.8 Å². The molecule has 0 aromatic carbocycles. The summed E-state index contributed by atoms with van der Waals surface area (Å²) in [7, 11) is 0. The quantitative estimate of drug-likeness (QED) is 0.742. The van der Waals surface area contributed by atoms with Gasteiger partial charge in [0.05, 0.1) is 17.6 Å². The number of nitrogens with two attached hydrogens (primary N) is 1. The number of nitrogens with one attached hydrogen (secondary N) is 2. The molecule has 0 saturated carbocycles. The molecular formula is C14H16N6O2S. The van der Waals surface area contributed by atoms with Crippen molar-refractivity contribution in [1.29, 1.82) is 0 Å². The molecule has 0 atom stereocenters. The molecule has 3 rings (SSSR count). The van der Waals surface area contributed by atoms with Gasteiger partial charge in [0.1, 0.15) is 5.69 Å². The third-order valence-electron chi connectivity index (χ3n) is 3.45. The number of carbonyl (C=O) groups excluding carboxylic acids is 2. The van der Waals surface area contributed by atoms with Gasteiger partial charge >= 0.3 is 0 Å². The summed E-state index contributed by atoms with van der Waals surface area (Å²) in [6, 6.07) is 1.87. The van der Waals surface area contributed by atoms with Gasteiger partial charge < -0.3 is 21.3 Å². The van der Waals surface area contributed by atoms with E-state index >= 15 is 0 Å². The number of thiazole rings is 1. The minimum Gasteiger partial charge on any atom is -0.367 e. The SMILES string of the molecule is NC(=O)c1nc(C(=O)Nc2cnccc2N2CCNCC2)cs1. The summed E-state index contributed by atoms with van der Waals surface area (Å²) >= 11 is 1.05. The lowest BCUT2D eigenvalue weighted by Crippen LogP contribution is -2.43. The Kier molecular flexibility index (Phi) is 4.49. The Balaban J connectivity index is 1.79. The number of anilines is 2. The number of hydrogen-bond acceptors (Lipinski definition) is 7. The fraction of sp³-hybridized carbons (Fsp3) is 0.286. The third-order valence-corrected chi connectivity index (χ3v) is 4.31. The molecule has 1 aliphatic rings. The highest BCUT2D eigenvalue weighted by Gasteiger charge is 2.18. The monoisotopic (exact) mass is 332 g/mol. The molecule has 120 valence electrons. The minimum absolute atomic E-state index is 0.115. The molecule has 0 spiro atoms. The van der Waals surface area contributed by atoms with Crippen molar-refractivity contribution in [3.8, 4) is 0 Å². The lowest BCUT2D eigenvalue weighted by atomic mass is 10.2. The Labute approximate surface area is 136 Å². The number of aromatic nitrogens is 2. The molecule has 2 aromatic rings. The maximum absolute atomic E-state index is 12.3. The van der Waals surface area contributed by atoms with Crippen LogP contribution in [0.4, 0.5) is 11.4 Å². The largest absolute Gasteiger partial charge is 0.367 e. The van der Waals surface area contributed by atoms with Crippen LogP contribution in [0.1, 0.15) is 20.3 Å². The van der Waals surface area contributed by atoms with E-state index in [9.17, 15) is 9.59 Å². The van der Waals surface area contributed by atoms with Crippen LogP contribution in [0.3, 0.4) is 0 Å². The standard InChI is InChI=1S/C14H16N6O2S/c15-12(21)14-19-10(8-23-14)13(22)18-9-7-17-2-1-11(9)20-5-3-16-4-6-20/h1-2,7-8,16H,3-6H2,(H2,15,21)(H,18,22). The Bertz CT molecular complexity index is 726.